The minimum absolute atomic E-state index is 0.150. The standard InChI is InChI=1S/C17H14F2N6/c1-17(18,19)10-23-16-22-9-14-13(4-6-25(14)24-16)12-7-11-3-2-5-20-15(11)21-8-12/h2-9H,10H2,1H3,(H,23,24). The van der Waals surface area contributed by atoms with E-state index in [9.17, 15) is 8.78 Å². The highest BCUT2D eigenvalue weighted by Gasteiger charge is 2.21. The first kappa shape index (κ1) is 15.4. The van der Waals surface area contributed by atoms with Gasteiger partial charge in [-0.25, -0.2) is 28.2 Å². The quantitative estimate of drug-likeness (QED) is 0.617. The van der Waals surface area contributed by atoms with Crippen molar-refractivity contribution < 1.29 is 8.78 Å². The number of nitrogens with one attached hydrogen (secondary N) is 1. The van der Waals surface area contributed by atoms with Crippen molar-refractivity contribution in [2.75, 3.05) is 11.9 Å². The zero-order valence-electron chi connectivity index (χ0n) is 13.3. The van der Waals surface area contributed by atoms with E-state index in [4.69, 9.17) is 0 Å². The molecular formula is C17H14F2N6. The van der Waals surface area contributed by atoms with Crippen LogP contribution >= 0.6 is 0 Å². The number of fused-ring (bicyclic) bond motifs is 2. The first-order valence-corrected chi connectivity index (χ1v) is 7.67. The average Bonchev–Trinajstić information content (AvgIpc) is 3.02. The summed E-state index contributed by atoms with van der Waals surface area (Å²) in [6.07, 6.45) is 6.81. The number of pyridine rings is 2. The maximum Gasteiger partial charge on any atom is 0.262 e. The Labute approximate surface area is 141 Å². The summed E-state index contributed by atoms with van der Waals surface area (Å²) in [6, 6.07) is 7.69. The fourth-order valence-electron chi connectivity index (χ4n) is 2.57. The van der Waals surface area contributed by atoms with Crippen molar-refractivity contribution in [2.24, 2.45) is 0 Å². The molecule has 0 saturated carbocycles. The Balaban J connectivity index is 1.70. The van der Waals surface area contributed by atoms with Crippen LogP contribution in [0.5, 0.6) is 0 Å². The van der Waals surface area contributed by atoms with Crippen LogP contribution in [0.1, 0.15) is 6.92 Å². The molecule has 0 spiro atoms. The van der Waals surface area contributed by atoms with Gasteiger partial charge in [-0.1, -0.05) is 0 Å². The van der Waals surface area contributed by atoms with Crippen molar-refractivity contribution in [3.8, 4) is 11.1 Å². The van der Waals surface area contributed by atoms with E-state index in [1.54, 1.807) is 29.3 Å². The predicted molar refractivity (Wildman–Crippen MR) is 90.6 cm³/mol. The third-order valence-electron chi connectivity index (χ3n) is 3.74. The zero-order chi connectivity index (χ0) is 17.4. The van der Waals surface area contributed by atoms with Gasteiger partial charge in [-0.05, 0) is 24.3 Å². The molecule has 25 heavy (non-hydrogen) atoms. The summed E-state index contributed by atoms with van der Waals surface area (Å²) in [5.41, 5.74) is 3.26. The number of nitrogens with zero attached hydrogens (tertiary/aromatic N) is 5. The van der Waals surface area contributed by atoms with Gasteiger partial charge in [0.15, 0.2) is 5.65 Å². The number of anilines is 1. The van der Waals surface area contributed by atoms with Crippen LogP contribution in [0.2, 0.25) is 0 Å². The monoisotopic (exact) mass is 340 g/mol. The van der Waals surface area contributed by atoms with E-state index in [-0.39, 0.29) is 5.95 Å². The molecule has 126 valence electrons. The van der Waals surface area contributed by atoms with Gasteiger partial charge in [0.2, 0.25) is 5.95 Å². The smallest absolute Gasteiger partial charge is 0.262 e. The van der Waals surface area contributed by atoms with Crippen molar-refractivity contribution >= 4 is 22.5 Å². The summed E-state index contributed by atoms with van der Waals surface area (Å²) in [7, 11) is 0. The fraction of sp³-hybridized carbons (Fsp3) is 0.176. The average molecular weight is 340 g/mol. The summed E-state index contributed by atoms with van der Waals surface area (Å²) in [6.45, 7) is 0.322. The summed E-state index contributed by atoms with van der Waals surface area (Å²) in [5.74, 6) is -2.68. The third kappa shape index (κ3) is 3.10. The van der Waals surface area contributed by atoms with Gasteiger partial charge in [0.05, 0.1) is 18.3 Å². The summed E-state index contributed by atoms with van der Waals surface area (Å²) in [4.78, 5) is 12.7. The van der Waals surface area contributed by atoms with Gasteiger partial charge in [0.25, 0.3) is 5.92 Å². The molecule has 0 amide bonds. The van der Waals surface area contributed by atoms with Crippen molar-refractivity contribution in [1.82, 2.24) is 24.6 Å². The summed E-state index contributed by atoms with van der Waals surface area (Å²) in [5, 5.41) is 7.69. The van der Waals surface area contributed by atoms with Crippen molar-refractivity contribution in [2.45, 2.75) is 12.8 Å². The second-order valence-corrected chi connectivity index (χ2v) is 5.84. The van der Waals surface area contributed by atoms with Gasteiger partial charge in [-0.3, -0.25) is 0 Å². The first-order chi connectivity index (χ1) is 12.0. The van der Waals surface area contributed by atoms with E-state index < -0.39 is 12.5 Å². The SMILES string of the molecule is CC(F)(F)CNc1ncc2c(-c3cnc4ncccc4c3)ccn2n1. The summed E-state index contributed by atoms with van der Waals surface area (Å²) >= 11 is 0. The highest BCUT2D eigenvalue weighted by atomic mass is 19.3. The van der Waals surface area contributed by atoms with E-state index in [0.29, 0.717) is 5.65 Å². The third-order valence-corrected chi connectivity index (χ3v) is 3.74. The zero-order valence-corrected chi connectivity index (χ0v) is 13.3. The van der Waals surface area contributed by atoms with Crippen LogP contribution in [0.25, 0.3) is 27.7 Å². The molecule has 0 bridgehead atoms. The van der Waals surface area contributed by atoms with E-state index in [1.807, 2.05) is 24.3 Å². The molecule has 0 atom stereocenters. The van der Waals surface area contributed by atoms with Crippen LogP contribution in [-0.4, -0.2) is 37.0 Å². The van der Waals surface area contributed by atoms with Gasteiger partial charge in [-0.15, -0.1) is 5.10 Å². The molecular weight excluding hydrogens is 326 g/mol. The number of halogens is 2. The van der Waals surface area contributed by atoms with Crippen LogP contribution in [0.3, 0.4) is 0 Å². The lowest BCUT2D eigenvalue weighted by Crippen LogP contribution is -2.24. The Morgan fingerprint density at radius 1 is 1.16 bits per heavy atom. The molecule has 4 aromatic heterocycles. The topological polar surface area (TPSA) is 68.0 Å². The highest BCUT2D eigenvalue weighted by Crippen LogP contribution is 2.26. The normalized spacial score (nSPS) is 12.0. The minimum Gasteiger partial charge on any atom is -0.347 e. The Kier molecular flexibility index (Phi) is 3.52. The minimum atomic E-state index is -2.83. The van der Waals surface area contributed by atoms with E-state index in [0.717, 1.165) is 29.0 Å². The van der Waals surface area contributed by atoms with Gasteiger partial charge in [0, 0.05) is 42.0 Å². The molecule has 6 nitrogen and oxygen atoms in total. The van der Waals surface area contributed by atoms with Crippen LogP contribution in [0, 0.1) is 0 Å². The van der Waals surface area contributed by atoms with Crippen LogP contribution < -0.4 is 5.32 Å². The Hall–Kier alpha value is -3.16. The molecule has 0 saturated heterocycles. The lowest BCUT2D eigenvalue weighted by molar-refractivity contribution is 0.0365. The molecule has 4 heterocycles. The number of rotatable bonds is 4. The molecule has 0 aliphatic heterocycles. The van der Waals surface area contributed by atoms with E-state index in [2.05, 4.69) is 25.4 Å². The maximum absolute atomic E-state index is 12.9. The molecule has 0 aliphatic carbocycles. The predicted octanol–water partition coefficient (Wildman–Crippen LogP) is 3.41. The van der Waals surface area contributed by atoms with Gasteiger partial charge in [-0.2, -0.15) is 0 Å². The number of alkyl halides is 2. The molecule has 0 aliphatic rings. The van der Waals surface area contributed by atoms with E-state index >= 15 is 0 Å². The molecule has 0 aromatic carbocycles. The largest absolute Gasteiger partial charge is 0.347 e. The number of aromatic nitrogens is 5. The molecule has 1 N–H and O–H groups in total. The molecule has 0 unspecified atom stereocenters. The molecule has 4 aromatic rings. The number of hydrogen-bond donors (Lipinski definition) is 1. The summed E-state index contributed by atoms with van der Waals surface area (Å²) < 4.78 is 27.5. The first-order valence-electron chi connectivity index (χ1n) is 7.67. The van der Waals surface area contributed by atoms with E-state index in [1.165, 1.54) is 0 Å². The number of hydrogen-bond acceptors (Lipinski definition) is 5. The Bertz CT molecular complexity index is 1050. The Morgan fingerprint density at radius 2 is 2.04 bits per heavy atom. The van der Waals surface area contributed by atoms with Crippen molar-refractivity contribution in [3.05, 3.63) is 49.1 Å². The second kappa shape index (κ2) is 5.73. The molecule has 8 heteroatoms. The fourth-order valence-corrected chi connectivity index (χ4v) is 2.57. The highest BCUT2D eigenvalue weighted by molar-refractivity contribution is 5.86. The van der Waals surface area contributed by atoms with Crippen LogP contribution in [-0.2, 0) is 0 Å². The molecule has 0 fully saturated rings. The van der Waals surface area contributed by atoms with Crippen LogP contribution in [0.15, 0.2) is 49.1 Å². The van der Waals surface area contributed by atoms with Gasteiger partial charge < -0.3 is 5.32 Å². The molecule has 0 radical (unpaired) electrons. The van der Waals surface area contributed by atoms with Crippen molar-refractivity contribution in [1.29, 1.82) is 0 Å². The maximum atomic E-state index is 12.9. The lowest BCUT2D eigenvalue weighted by Gasteiger charge is -2.11. The van der Waals surface area contributed by atoms with Gasteiger partial charge in [0.1, 0.15) is 0 Å². The van der Waals surface area contributed by atoms with Crippen molar-refractivity contribution in [3.63, 3.8) is 0 Å². The Morgan fingerprint density at radius 3 is 2.88 bits per heavy atom. The second-order valence-electron chi connectivity index (χ2n) is 5.84. The molecule has 4 rings (SSSR count). The van der Waals surface area contributed by atoms with Crippen LogP contribution in [0.4, 0.5) is 14.7 Å². The lowest BCUT2D eigenvalue weighted by atomic mass is 10.1. The van der Waals surface area contributed by atoms with Gasteiger partial charge >= 0.3 is 0 Å².